The molecule has 2 rings (SSSR count). The average molecular weight is 296 g/mol. The third kappa shape index (κ3) is 3.41. The molecule has 0 aromatic rings. The van der Waals surface area contributed by atoms with Gasteiger partial charge in [0.05, 0.1) is 0 Å². The standard InChI is InChI=1S/C16H32N4O/c1-4-20-11-10-19(12-13(20)2)9-7-14-6-5-8-16(14,18-3)15(17)21/h13-14,18H,4-12H2,1-3H3,(H2,17,21). The Labute approximate surface area is 129 Å². The van der Waals surface area contributed by atoms with Gasteiger partial charge in [0, 0.05) is 25.7 Å². The van der Waals surface area contributed by atoms with Gasteiger partial charge in [0.15, 0.2) is 0 Å². The molecule has 0 bridgehead atoms. The molecule has 5 nitrogen and oxygen atoms in total. The third-order valence-electron chi connectivity index (χ3n) is 5.76. The smallest absolute Gasteiger partial charge is 0.238 e. The fourth-order valence-corrected chi connectivity index (χ4v) is 4.33. The van der Waals surface area contributed by atoms with Gasteiger partial charge < -0.3 is 16.0 Å². The molecular weight excluding hydrogens is 264 g/mol. The average Bonchev–Trinajstić information content (AvgIpc) is 2.89. The zero-order valence-electron chi connectivity index (χ0n) is 13.9. The van der Waals surface area contributed by atoms with Crippen molar-refractivity contribution in [3.05, 3.63) is 0 Å². The molecule has 1 saturated heterocycles. The molecule has 1 amide bonds. The van der Waals surface area contributed by atoms with Crippen LogP contribution >= 0.6 is 0 Å². The lowest BCUT2D eigenvalue weighted by Crippen LogP contribution is -2.57. The normalized spacial score (nSPS) is 35.2. The molecule has 0 aromatic carbocycles. The maximum atomic E-state index is 11.9. The second-order valence-corrected chi connectivity index (χ2v) is 6.74. The topological polar surface area (TPSA) is 61.6 Å². The number of rotatable bonds is 6. The summed E-state index contributed by atoms with van der Waals surface area (Å²) in [5.74, 6) is 0.219. The predicted molar refractivity (Wildman–Crippen MR) is 86.1 cm³/mol. The van der Waals surface area contributed by atoms with Crippen LogP contribution in [0.1, 0.15) is 39.5 Å². The van der Waals surface area contributed by atoms with E-state index in [1.165, 1.54) is 0 Å². The van der Waals surface area contributed by atoms with Crippen molar-refractivity contribution in [3.8, 4) is 0 Å². The second-order valence-electron chi connectivity index (χ2n) is 6.74. The lowest BCUT2D eigenvalue weighted by molar-refractivity contribution is -0.125. The van der Waals surface area contributed by atoms with Gasteiger partial charge in [0.1, 0.15) is 5.54 Å². The molecule has 2 fully saturated rings. The number of nitrogens with zero attached hydrogens (tertiary/aromatic N) is 2. The molecule has 1 aliphatic heterocycles. The van der Waals surface area contributed by atoms with E-state index in [0.29, 0.717) is 12.0 Å². The molecule has 0 radical (unpaired) electrons. The van der Waals surface area contributed by atoms with E-state index >= 15 is 0 Å². The highest BCUT2D eigenvalue weighted by Crippen LogP contribution is 2.37. The van der Waals surface area contributed by atoms with E-state index < -0.39 is 5.54 Å². The lowest BCUT2D eigenvalue weighted by atomic mass is 9.84. The first kappa shape index (κ1) is 16.7. The van der Waals surface area contributed by atoms with Crippen LogP contribution in [0.3, 0.4) is 0 Å². The number of piperazine rings is 1. The number of likely N-dealkylation sites (N-methyl/N-ethyl adjacent to an activating group) is 2. The fourth-order valence-electron chi connectivity index (χ4n) is 4.33. The first-order valence-corrected chi connectivity index (χ1v) is 8.48. The van der Waals surface area contributed by atoms with Gasteiger partial charge >= 0.3 is 0 Å². The van der Waals surface area contributed by atoms with E-state index in [1.807, 2.05) is 7.05 Å². The molecule has 1 aliphatic carbocycles. The Bertz CT molecular complexity index is 362. The number of hydrogen-bond acceptors (Lipinski definition) is 4. The first-order chi connectivity index (χ1) is 10.0. The van der Waals surface area contributed by atoms with E-state index in [2.05, 4.69) is 29.0 Å². The number of carbonyl (C=O) groups excluding carboxylic acids is 1. The van der Waals surface area contributed by atoms with Gasteiger partial charge in [-0.1, -0.05) is 13.3 Å². The number of carbonyl (C=O) groups is 1. The van der Waals surface area contributed by atoms with Gasteiger partial charge in [-0.3, -0.25) is 9.69 Å². The highest BCUT2D eigenvalue weighted by Gasteiger charge is 2.46. The van der Waals surface area contributed by atoms with E-state index in [9.17, 15) is 4.79 Å². The molecule has 5 heteroatoms. The number of primary amides is 1. The van der Waals surface area contributed by atoms with Gasteiger partial charge in [-0.2, -0.15) is 0 Å². The Morgan fingerprint density at radius 1 is 1.43 bits per heavy atom. The number of nitrogens with two attached hydrogens (primary N) is 1. The van der Waals surface area contributed by atoms with Crippen molar-refractivity contribution in [2.45, 2.75) is 51.1 Å². The van der Waals surface area contributed by atoms with Crippen molar-refractivity contribution in [1.29, 1.82) is 0 Å². The van der Waals surface area contributed by atoms with Crippen molar-refractivity contribution in [2.24, 2.45) is 11.7 Å². The summed E-state index contributed by atoms with van der Waals surface area (Å²) in [5.41, 5.74) is 5.22. The zero-order valence-corrected chi connectivity index (χ0v) is 13.9. The summed E-state index contributed by atoms with van der Waals surface area (Å²) in [5, 5.41) is 3.24. The Morgan fingerprint density at radius 2 is 2.19 bits per heavy atom. The molecule has 1 saturated carbocycles. The summed E-state index contributed by atoms with van der Waals surface area (Å²) in [6.45, 7) is 10.2. The lowest BCUT2D eigenvalue weighted by Gasteiger charge is -2.40. The van der Waals surface area contributed by atoms with Gasteiger partial charge in [-0.05, 0) is 52.2 Å². The van der Waals surface area contributed by atoms with Crippen molar-refractivity contribution >= 4 is 5.91 Å². The summed E-state index contributed by atoms with van der Waals surface area (Å²) in [6, 6.07) is 0.637. The summed E-state index contributed by atoms with van der Waals surface area (Å²) in [4.78, 5) is 17.0. The van der Waals surface area contributed by atoms with Crippen LogP contribution < -0.4 is 11.1 Å². The molecular formula is C16H32N4O. The summed E-state index contributed by atoms with van der Waals surface area (Å²) < 4.78 is 0. The van der Waals surface area contributed by atoms with Crippen molar-refractivity contribution in [1.82, 2.24) is 15.1 Å². The monoisotopic (exact) mass is 296 g/mol. The quantitative estimate of drug-likeness (QED) is 0.755. The minimum absolute atomic E-state index is 0.170. The van der Waals surface area contributed by atoms with Crippen LogP contribution in [0.5, 0.6) is 0 Å². The van der Waals surface area contributed by atoms with E-state index in [4.69, 9.17) is 5.73 Å². The highest BCUT2D eigenvalue weighted by molar-refractivity contribution is 5.85. The first-order valence-electron chi connectivity index (χ1n) is 8.48. The summed E-state index contributed by atoms with van der Waals surface area (Å²) in [7, 11) is 1.88. The zero-order chi connectivity index (χ0) is 15.5. The van der Waals surface area contributed by atoms with Crippen molar-refractivity contribution < 1.29 is 4.79 Å². The second kappa shape index (κ2) is 7.07. The number of amides is 1. The van der Waals surface area contributed by atoms with Crippen LogP contribution in [0.25, 0.3) is 0 Å². The summed E-state index contributed by atoms with van der Waals surface area (Å²) >= 11 is 0. The SMILES string of the molecule is CCN1CCN(CCC2CCCC2(NC)C(N)=O)CC1C. The largest absolute Gasteiger partial charge is 0.368 e. The third-order valence-corrected chi connectivity index (χ3v) is 5.76. The van der Waals surface area contributed by atoms with Crippen LogP contribution in [0, 0.1) is 5.92 Å². The Balaban J connectivity index is 1.87. The molecule has 0 aromatic heterocycles. The number of nitrogens with one attached hydrogen (secondary N) is 1. The van der Waals surface area contributed by atoms with Crippen LogP contribution in [-0.4, -0.2) is 67.1 Å². The fraction of sp³-hybridized carbons (Fsp3) is 0.938. The Morgan fingerprint density at radius 3 is 2.76 bits per heavy atom. The van der Waals surface area contributed by atoms with Gasteiger partial charge in [0.2, 0.25) is 5.91 Å². The van der Waals surface area contributed by atoms with Crippen LogP contribution in [0.4, 0.5) is 0 Å². The minimum atomic E-state index is -0.461. The molecule has 3 unspecified atom stereocenters. The molecule has 0 spiro atoms. The molecule has 2 aliphatic rings. The summed E-state index contributed by atoms with van der Waals surface area (Å²) in [6.07, 6.45) is 4.19. The Kier molecular flexibility index (Phi) is 5.63. The predicted octanol–water partition coefficient (Wildman–Crippen LogP) is 0.646. The van der Waals surface area contributed by atoms with Crippen LogP contribution in [-0.2, 0) is 4.79 Å². The van der Waals surface area contributed by atoms with Crippen molar-refractivity contribution in [2.75, 3.05) is 39.8 Å². The van der Waals surface area contributed by atoms with E-state index in [-0.39, 0.29) is 5.91 Å². The molecule has 1 heterocycles. The molecule has 21 heavy (non-hydrogen) atoms. The maximum absolute atomic E-state index is 11.9. The van der Waals surface area contributed by atoms with E-state index in [0.717, 1.165) is 58.4 Å². The maximum Gasteiger partial charge on any atom is 0.238 e. The van der Waals surface area contributed by atoms with Gasteiger partial charge in [0.25, 0.3) is 0 Å². The van der Waals surface area contributed by atoms with Crippen LogP contribution in [0.2, 0.25) is 0 Å². The van der Waals surface area contributed by atoms with Gasteiger partial charge in [-0.25, -0.2) is 0 Å². The Hall–Kier alpha value is -0.650. The van der Waals surface area contributed by atoms with Crippen LogP contribution in [0.15, 0.2) is 0 Å². The minimum Gasteiger partial charge on any atom is -0.368 e. The molecule has 3 atom stereocenters. The van der Waals surface area contributed by atoms with E-state index in [1.54, 1.807) is 0 Å². The molecule has 3 N–H and O–H groups in total. The van der Waals surface area contributed by atoms with Crippen molar-refractivity contribution in [3.63, 3.8) is 0 Å². The highest BCUT2D eigenvalue weighted by atomic mass is 16.1. The van der Waals surface area contributed by atoms with Gasteiger partial charge in [-0.15, -0.1) is 0 Å². The molecule has 122 valence electrons. The number of hydrogen-bond donors (Lipinski definition) is 2.